The SMILES string of the molecule is C[C@H](OC(=O)c1ccc2c(c1)OCO2)C(=O)Nc1ccccc1-c1ccccc1. The Labute approximate surface area is 168 Å². The van der Waals surface area contributed by atoms with E-state index in [1.54, 1.807) is 18.2 Å². The van der Waals surface area contributed by atoms with E-state index in [4.69, 9.17) is 14.2 Å². The molecule has 1 atom stereocenters. The zero-order valence-corrected chi connectivity index (χ0v) is 15.8. The van der Waals surface area contributed by atoms with E-state index in [-0.39, 0.29) is 6.79 Å². The highest BCUT2D eigenvalue weighted by Crippen LogP contribution is 2.33. The summed E-state index contributed by atoms with van der Waals surface area (Å²) in [5.74, 6) is 0.0305. The van der Waals surface area contributed by atoms with Crippen molar-refractivity contribution in [2.75, 3.05) is 12.1 Å². The largest absolute Gasteiger partial charge is 0.454 e. The number of fused-ring (bicyclic) bond motifs is 1. The molecule has 0 saturated heterocycles. The first-order valence-electron chi connectivity index (χ1n) is 9.18. The van der Waals surface area contributed by atoms with Crippen LogP contribution in [0.15, 0.2) is 72.8 Å². The molecule has 0 radical (unpaired) electrons. The fourth-order valence-corrected chi connectivity index (χ4v) is 3.00. The van der Waals surface area contributed by atoms with Crippen molar-refractivity contribution >= 4 is 17.6 Å². The van der Waals surface area contributed by atoms with Gasteiger partial charge in [0.25, 0.3) is 5.91 Å². The van der Waals surface area contributed by atoms with Crippen molar-refractivity contribution < 1.29 is 23.8 Å². The second-order valence-corrected chi connectivity index (χ2v) is 6.52. The van der Waals surface area contributed by atoms with Crippen LogP contribution in [0.4, 0.5) is 5.69 Å². The number of hydrogen-bond donors (Lipinski definition) is 1. The lowest BCUT2D eigenvalue weighted by molar-refractivity contribution is -0.123. The average Bonchev–Trinajstić information content (AvgIpc) is 3.22. The minimum absolute atomic E-state index is 0.119. The van der Waals surface area contributed by atoms with Gasteiger partial charge in [-0.2, -0.15) is 0 Å². The highest BCUT2D eigenvalue weighted by atomic mass is 16.7. The smallest absolute Gasteiger partial charge is 0.339 e. The van der Waals surface area contributed by atoms with E-state index in [1.165, 1.54) is 6.92 Å². The molecule has 1 N–H and O–H groups in total. The first-order chi connectivity index (χ1) is 14.1. The lowest BCUT2D eigenvalue weighted by Gasteiger charge is -2.16. The van der Waals surface area contributed by atoms with Gasteiger partial charge in [-0.25, -0.2) is 4.79 Å². The summed E-state index contributed by atoms with van der Waals surface area (Å²) in [6.45, 7) is 1.65. The maximum atomic E-state index is 12.6. The standard InChI is InChI=1S/C23H19NO5/c1-15(29-23(26)17-11-12-20-21(13-17)28-14-27-20)22(25)24-19-10-6-5-9-18(19)16-7-3-2-4-8-16/h2-13,15H,14H2,1H3,(H,24,25)/t15-/m0/s1. The summed E-state index contributed by atoms with van der Waals surface area (Å²) in [6.07, 6.45) is -0.975. The quantitative estimate of drug-likeness (QED) is 0.660. The molecule has 0 unspecified atom stereocenters. The van der Waals surface area contributed by atoms with Crippen LogP contribution < -0.4 is 14.8 Å². The molecular formula is C23H19NO5. The number of rotatable bonds is 5. The summed E-state index contributed by atoms with van der Waals surface area (Å²) in [4.78, 5) is 25.0. The molecule has 146 valence electrons. The fraction of sp³-hybridized carbons (Fsp3) is 0.130. The maximum absolute atomic E-state index is 12.6. The predicted octanol–water partition coefficient (Wildman–Crippen LogP) is 4.27. The minimum Gasteiger partial charge on any atom is -0.454 e. The zero-order chi connectivity index (χ0) is 20.2. The van der Waals surface area contributed by atoms with Crippen LogP contribution in [0.5, 0.6) is 11.5 Å². The van der Waals surface area contributed by atoms with Crippen LogP contribution in [0.2, 0.25) is 0 Å². The van der Waals surface area contributed by atoms with Gasteiger partial charge in [0.2, 0.25) is 6.79 Å². The molecule has 1 aliphatic rings. The molecule has 6 heteroatoms. The van der Waals surface area contributed by atoms with Gasteiger partial charge < -0.3 is 19.5 Å². The van der Waals surface area contributed by atoms with Crippen molar-refractivity contribution in [1.29, 1.82) is 0 Å². The summed E-state index contributed by atoms with van der Waals surface area (Å²) in [7, 11) is 0. The van der Waals surface area contributed by atoms with Crippen molar-refractivity contribution in [3.05, 3.63) is 78.4 Å². The van der Waals surface area contributed by atoms with Gasteiger partial charge in [-0.05, 0) is 36.8 Å². The Morgan fingerprint density at radius 2 is 1.66 bits per heavy atom. The van der Waals surface area contributed by atoms with Crippen molar-refractivity contribution in [2.24, 2.45) is 0 Å². The average molecular weight is 389 g/mol. The van der Waals surface area contributed by atoms with E-state index in [0.29, 0.717) is 22.7 Å². The summed E-state index contributed by atoms with van der Waals surface area (Å²) in [6, 6.07) is 22.0. The van der Waals surface area contributed by atoms with Gasteiger partial charge in [-0.15, -0.1) is 0 Å². The molecule has 0 bridgehead atoms. The van der Waals surface area contributed by atoms with Crippen LogP contribution in [0.1, 0.15) is 17.3 Å². The summed E-state index contributed by atoms with van der Waals surface area (Å²) >= 11 is 0. The van der Waals surface area contributed by atoms with Crippen molar-refractivity contribution in [1.82, 2.24) is 0 Å². The number of anilines is 1. The second-order valence-electron chi connectivity index (χ2n) is 6.52. The number of carbonyl (C=O) groups is 2. The van der Waals surface area contributed by atoms with Crippen LogP contribution in [-0.2, 0) is 9.53 Å². The Morgan fingerprint density at radius 3 is 2.48 bits per heavy atom. The molecule has 3 aromatic rings. The minimum atomic E-state index is -0.975. The van der Waals surface area contributed by atoms with Gasteiger partial charge >= 0.3 is 5.97 Å². The van der Waals surface area contributed by atoms with Gasteiger partial charge in [0.1, 0.15) is 0 Å². The normalized spacial score (nSPS) is 12.9. The number of esters is 1. The summed E-state index contributed by atoms with van der Waals surface area (Å²) in [5, 5.41) is 2.85. The third-order valence-electron chi connectivity index (χ3n) is 4.53. The molecule has 1 heterocycles. The third-order valence-corrected chi connectivity index (χ3v) is 4.53. The number of para-hydroxylation sites is 1. The molecule has 0 aliphatic carbocycles. The molecular weight excluding hydrogens is 370 g/mol. The van der Waals surface area contributed by atoms with Crippen LogP contribution in [-0.4, -0.2) is 24.8 Å². The van der Waals surface area contributed by atoms with Gasteiger partial charge in [0.15, 0.2) is 17.6 Å². The van der Waals surface area contributed by atoms with Crippen LogP contribution >= 0.6 is 0 Å². The molecule has 4 rings (SSSR count). The van der Waals surface area contributed by atoms with Gasteiger partial charge in [0, 0.05) is 11.3 Å². The van der Waals surface area contributed by atoms with E-state index in [0.717, 1.165) is 11.1 Å². The molecule has 3 aromatic carbocycles. The third kappa shape index (κ3) is 4.06. The Balaban J connectivity index is 1.45. The first-order valence-corrected chi connectivity index (χ1v) is 9.18. The number of amides is 1. The van der Waals surface area contributed by atoms with E-state index >= 15 is 0 Å². The molecule has 0 aromatic heterocycles. The predicted molar refractivity (Wildman–Crippen MR) is 108 cm³/mol. The van der Waals surface area contributed by atoms with Crippen LogP contribution in [0, 0.1) is 0 Å². The Morgan fingerprint density at radius 1 is 0.931 bits per heavy atom. The van der Waals surface area contributed by atoms with Gasteiger partial charge in [-0.1, -0.05) is 48.5 Å². The molecule has 0 saturated carbocycles. The molecule has 1 aliphatic heterocycles. The van der Waals surface area contributed by atoms with Crippen LogP contribution in [0.25, 0.3) is 11.1 Å². The summed E-state index contributed by atoms with van der Waals surface area (Å²) < 4.78 is 15.8. The summed E-state index contributed by atoms with van der Waals surface area (Å²) in [5.41, 5.74) is 2.80. The van der Waals surface area contributed by atoms with E-state index in [1.807, 2.05) is 54.6 Å². The number of carbonyl (C=O) groups excluding carboxylic acids is 2. The maximum Gasteiger partial charge on any atom is 0.339 e. The van der Waals surface area contributed by atoms with E-state index in [2.05, 4.69) is 5.32 Å². The van der Waals surface area contributed by atoms with Crippen molar-refractivity contribution in [2.45, 2.75) is 13.0 Å². The molecule has 29 heavy (non-hydrogen) atoms. The lowest BCUT2D eigenvalue weighted by atomic mass is 10.0. The van der Waals surface area contributed by atoms with Gasteiger partial charge in [-0.3, -0.25) is 4.79 Å². The number of hydrogen-bond acceptors (Lipinski definition) is 5. The lowest BCUT2D eigenvalue weighted by Crippen LogP contribution is -2.30. The Hall–Kier alpha value is -3.80. The topological polar surface area (TPSA) is 73.9 Å². The monoisotopic (exact) mass is 389 g/mol. The first kappa shape index (κ1) is 18.6. The number of nitrogens with one attached hydrogen (secondary N) is 1. The number of benzene rings is 3. The molecule has 0 fully saturated rings. The highest BCUT2D eigenvalue weighted by Gasteiger charge is 2.22. The van der Waals surface area contributed by atoms with Crippen molar-refractivity contribution in [3.63, 3.8) is 0 Å². The van der Waals surface area contributed by atoms with Gasteiger partial charge in [0.05, 0.1) is 5.56 Å². The Kier molecular flexibility index (Phi) is 5.16. The Bertz CT molecular complexity index is 1050. The second kappa shape index (κ2) is 8.06. The van der Waals surface area contributed by atoms with Crippen LogP contribution in [0.3, 0.4) is 0 Å². The highest BCUT2D eigenvalue weighted by molar-refractivity contribution is 6.00. The van der Waals surface area contributed by atoms with E-state index < -0.39 is 18.0 Å². The van der Waals surface area contributed by atoms with Crippen molar-refractivity contribution in [3.8, 4) is 22.6 Å². The molecule has 6 nitrogen and oxygen atoms in total. The zero-order valence-electron chi connectivity index (χ0n) is 15.8. The molecule has 0 spiro atoms. The number of ether oxygens (including phenoxy) is 3. The molecule has 1 amide bonds. The fourth-order valence-electron chi connectivity index (χ4n) is 3.00. The van der Waals surface area contributed by atoms with E-state index in [9.17, 15) is 9.59 Å².